The molecular weight excluding hydrogens is 247 g/mol. The minimum Gasteiger partial charge on any atom is -0.337 e. The molecule has 0 spiro atoms. The largest absolute Gasteiger partial charge is 0.337 e. The first kappa shape index (κ1) is 12.1. The summed E-state index contributed by atoms with van der Waals surface area (Å²) in [6.45, 7) is 1.27. The fourth-order valence-corrected chi connectivity index (χ4v) is 2.43. The lowest BCUT2D eigenvalue weighted by molar-refractivity contribution is 0.0710. The van der Waals surface area contributed by atoms with E-state index in [0.717, 1.165) is 12.8 Å². The quantitative estimate of drug-likeness (QED) is 0.812. The van der Waals surface area contributed by atoms with Gasteiger partial charge in [-0.15, -0.1) is 0 Å². The van der Waals surface area contributed by atoms with Crippen molar-refractivity contribution in [3.8, 4) is 0 Å². The summed E-state index contributed by atoms with van der Waals surface area (Å²) in [6, 6.07) is 4.78. The van der Waals surface area contributed by atoms with Gasteiger partial charge in [0.2, 0.25) is 0 Å². The SMILES string of the molecule is NC1CCN(C(=O)c2[nH]nc3c(F)cccc23)CC1. The third-order valence-corrected chi connectivity index (χ3v) is 3.58. The number of amides is 1. The van der Waals surface area contributed by atoms with Gasteiger partial charge in [-0.25, -0.2) is 4.39 Å². The summed E-state index contributed by atoms with van der Waals surface area (Å²) in [5.74, 6) is -0.562. The zero-order valence-corrected chi connectivity index (χ0v) is 10.4. The van der Waals surface area contributed by atoms with Crippen molar-refractivity contribution < 1.29 is 9.18 Å². The maximum absolute atomic E-state index is 13.5. The summed E-state index contributed by atoms with van der Waals surface area (Å²) in [6.07, 6.45) is 1.60. The number of H-pyrrole nitrogens is 1. The number of rotatable bonds is 1. The van der Waals surface area contributed by atoms with Gasteiger partial charge in [-0.3, -0.25) is 9.89 Å². The lowest BCUT2D eigenvalue weighted by Crippen LogP contribution is -2.43. The van der Waals surface area contributed by atoms with Crippen molar-refractivity contribution >= 4 is 16.8 Å². The molecule has 2 heterocycles. The predicted octanol–water partition coefficient (Wildman–Crippen LogP) is 1.27. The molecule has 5 nitrogen and oxygen atoms in total. The van der Waals surface area contributed by atoms with E-state index in [1.165, 1.54) is 6.07 Å². The van der Waals surface area contributed by atoms with Crippen LogP contribution in [0.5, 0.6) is 0 Å². The number of fused-ring (bicyclic) bond motifs is 1. The second kappa shape index (κ2) is 4.62. The lowest BCUT2D eigenvalue weighted by Gasteiger charge is -2.29. The van der Waals surface area contributed by atoms with Crippen LogP contribution < -0.4 is 5.73 Å². The molecule has 19 heavy (non-hydrogen) atoms. The van der Waals surface area contributed by atoms with E-state index < -0.39 is 5.82 Å². The maximum atomic E-state index is 13.5. The smallest absolute Gasteiger partial charge is 0.272 e. The standard InChI is InChI=1S/C13H15FN4O/c14-10-3-1-2-9-11(10)16-17-12(9)13(19)18-6-4-8(15)5-7-18/h1-3,8H,4-7,15H2,(H,16,17). The number of aromatic amines is 1. The first-order valence-corrected chi connectivity index (χ1v) is 6.34. The number of likely N-dealkylation sites (tertiary alicyclic amines) is 1. The fourth-order valence-electron chi connectivity index (χ4n) is 2.43. The number of aromatic nitrogens is 2. The molecule has 0 aliphatic carbocycles. The Hall–Kier alpha value is -1.95. The van der Waals surface area contributed by atoms with Gasteiger partial charge in [-0.1, -0.05) is 12.1 Å². The van der Waals surface area contributed by atoms with Gasteiger partial charge in [0.15, 0.2) is 5.82 Å². The summed E-state index contributed by atoms with van der Waals surface area (Å²) in [5, 5.41) is 7.05. The van der Waals surface area contributed by atoms with Crippen LogP contribution >= 0.6 is 0 Å². The number of nitrogens with zero attached hydrogens (tertiary/aromatic N) is 2. The van der Waals surface area contributed by atoms with E-state index in [1.807, 2.05) is 0 Å². The number of carbonyl (C=O) groups excluding carboxylic acids is 1. The van der Waals surface area contributed by atoms with Gasteiger partial charge in [0.1, 0.15) is 11.2 Å². The summed E-state index contributed by atoms with van der Waals surface area (Å²) in [4.78, 5) is 14.1. The fraction of sp³-hybridized carbons (Fsp3) is 0.385. The highest BCUT2D eigenvalue weighted by molar-refractivity contribution is 6.04. The molecule has 3 N–H and O–H groups in total. The molecule has 1 fully saturated rings. The lowest BCUT2D eigenvalue weighted by atomic mass is 10.1. The number of carbonyl (C=O) groups is 1. The van der Waals surface area contributed by atoms with Crippen molar-refractivity contribution in [1.82, 2.24) is 15.1 Å². The van der Waals surface area contributed by atoms with Crippen LogP contribution in [0.15, 0.2) is 18.2 Å². The van der Waals surface area contributed by atoms with Gasteiger partial charge in [-0.2, -0.15) is 5.10 Å². The number of nitrogens with two attached hydrogens (primary N) is 1. The van der Waals surface area contributed by atoms with Crippen molar-refractivity contribution in [2.75, 3.05) is 13.1 Å². The molecule has 100 valence electrons. The normalized spacial score (nSPS) is 17.1. The number of para-hydroxylation sites is 1. The maximum Gasteiger partial charge on any atom is 0.272 e. The molecule has 1 aromatic heterocycles. The van der Waals surface area contributed by atoms with Crippen LogP contribution in [0.25, 0.3) is 10.9 Å². The van der Waals surface area contributed by atoms with Gasteiger partial charge in [-0.05, 0) is 18.9 Å². The van der Waals surface area contributed by atoms with E-state index in [0.29, 0.717) is 24.2 Å². The van der Waals surface area contributed by atoms with Gasteiger partial charge < -0.3 is 10.6 Å². The third-order valence-electron chi connectivity index (χ3n) is 3.58. The highest BCUT2D eigenvalue weighted by atomic mass is 19.1. The van der Waals surface area contributed by atoms with E-state index in [9.17, 15) is 9.18 Å². The Morgan fingerprint density at radius 3 is 2.89 bits per heavy atom. The molecule has 1 amide bonds. The summed E-state index contributed by atoms with van der Waals surface area (Å²) in [7, 11) is 0. The number of hydrogen-bond donors (Lipinski definition) is 2. The second-order valence-electron chi connectivity index (χ2n) is 4.86. The highest BCUT2D eigenvalue weighted by Gasteiger charge is 2.24. The van der Waals surface area contributed by atoms with Crippen molar-refractivity contribution in [2.45, 2.75) is 18.9 Å². The van der Waals surface area contributed by atoms with Gasteiger partial charge in [0.25, 0.3) is 5.91 Å². The molecule has 1 saturated heterocycles. The molecule has 0 atom stereocenters. The molecule has 0 saturated carbocycles. The number of hydrogen-bond acceptors (Lipinski definition) is 3. The van der Waals surface area contributed by atoms with Crippen LogP contribution in [-0.4, -0.2) is 40.1 Å². The number of nitrogens with one attached hydrogen (secondary N) is 1. The van der Waals surface area contributed by atoms with Crippen LogP contribution in [0.4, 0.5) is 4.39 Å². The van der Waals surface area contributed by atoms with E-state index in [1.54, 1.807) is 17.0 Å². The highest BCUT2D eigenvalue weighted by Crippen LogP contribution is 2.21. The third kappa shape index (κ3) is 2.08. The Morgan fingerprint density at radius 2 is 2.16 bits per heavy atom. The topological polar surface area (TPSA) is 75.0 Å². The van der Waals surface area contributed by atoms with Crippen LogP contribution in [0, 0.1) is 5.82 Å². The minimum absolute atomic E-state index is 0.139. The second-order valence-corrected chi connectivity index (χ2v) is 4.86. The number of halogens is 1. The van der Waals surface area contributed by atoms with Crippen molar-refractivity contribution in [1.29, 1.82) is 0 Å². The molecule has 2 aromatic rings. The zero-order chi connectivity index (χ0) is 13.4. The van der Waals surface area contributed by atoms with E-state index in [2.05, 4.69) is 10.2 Å². The molecule has 0 radical (unpaired) electrons. The molecular formula is C13H15FN4O. The van der Waals surface area contributed by atoms with Crippen molar-refractivity contribution in [2.24, 2.45) is 5.73 Å². The Morgan fingerprint density at radius 1 is 1.42 bits per heavy atom. The first-order valence-electron chi connectivity index (χ1n) is 6.34. The monoisotopic (exact) mass is 262 g/mol. The number of benzene rings is 1. The molecule has 3 rings (SSSR count). The summed E-state index contributed by atoms with van der Waals surface area (Å²) in [5.41, 5.74) is 6.38. The molecule has 0 unspecified atom stereocenters. The van der Waals surface area contributed by atoms with E-state index in [4.69, 9.17) is 5.73 Å². The van der Waals surface area contributed by atoms with Crippen LogP contribution in [0.3, 0.4) is 0 Å². The Kier molecular flexibility index (Phi) is 2.94. The molecule has 1 aliphatic rings. The average molecular weight is 262 g/mol. The van der Waals surface area contributed by atoms with Crippen LogP contribution in [0.2, 0.25) is 0 Å². The van der Waals surface area contributed by atoms with E-state index >= 15 is 0 Å². The van der Waals surface area contributed by atoms with Gasteiger partial charge in [0, 0.05) is 24.5 Å². The van der Waals surface area contributed by atoms with Crippen molar-refractivity contribution in [3.05, 3.63) is 29.7 Å². The average Bonchev–Trinajstić information content (AvgIpc) is 2.84. The van der Waals surface area contributed by atoms with E-state index in [-0.39, 0.29) is 17.5 Å². The first-order chi connectivity index (χ1) is 9.16. The Bertz CT molecular complexity index is 616. The molecule has 1 aromatic carbocycles. The van der Waals surface area contributed by atoms with Crippen molar-refractivity contribution in [3.63, 3.8) is 0 Å². The van der Waals surface area contributed by atoms with Crippen LogP contribution in [0.1, 0.15) is 23.3 Å². The number of piperidine rings is 1. The molecule has 6 heteroatoms. The minimum atomic E-state index is -0.423. The van der Waals surface area contributed by atoms with Gasteiger partial charge >= 0.3 is 0 Å². The molecule has 0 bridgehead atoms. The summed E-state index contributed by atoms with van der Waals surface area (Å²) >= 11 is 0. The Balaban J connectivity index is 1.92. The van der Waals surface area contributed by atoms with Gasteiger partial charge in [0.05, 0.1) is 0 Å². The predicted molar refractivity (Wildman–Crippen MR) is 69.2 cm³/mol. The molecule has 1 aliphatic heterocycles. The summed E-state index contributed by atoms with van der Waals surface area (Å²) < 4.78 is 13.5. The zero-order valence-electron chi connectivity index (χ0n) is 10.4. The van der Waals surface area contributed by atoms with Crippen LogP contribution in [-0.2, 0) is 0 Å². The Labute approximate surface area is 109 Å².